The number of fused-ring (bicyclic) bond motifs is 2. The molecule has 0 bridgehead atoms. The van der Waals surface area contributed by atoms with E-state index in [1.165, 1.54) is 34.4 Å². The number of aromatic nitrogens is 1. The lowest BCUT2D eigenvalue weighted by atomic mass is 9.97. The van der Waals surface area contributed by atoms with Gasteiger partial charge in [0.25, 0.3) is 0 Å². The summed E-state index contributed by atoms with van der Waals surface area (Å²) in [6.07, 6.45) is 3.34. The van der Waals surface area contributed by atoms with Gasteiger partial charge in [0.1, 0.15) is 5.75 Å². The van der Waals surface area contributed by atoms with Gasteiger partial charge in [-0.15, -0.1) is 0 Å². The maximum atomic E-state index is 11.6. The van der Waals surface area contributed by atoms with Crippen LogP contribution in [0.4, 0.5) is 0 Å². The van der Waals surface area contributed by atoms with Gasteiger partial charge < -0.3 is 20.5 Å². The van der Waals surface area contributed by atoms with Crippen LogP contribution in [-0.2, 0) is 25.7 Å². The van der Waals surface area contributed by atoms with E-state index < -0.39 is 6.10 Å². The van der Waals surface area contributed by atoms with Crippen molar-refractivity contribution in [3.8, 4) is 5.75 Å². The van der Waals surface area contributed by atoms with Crippen LogP contribution in [0.1, 0.15) is 61.6 Å². The van der Waals surface area contributed by atoms with Gasteiger partial charge in [0.15, 0.2) is 0 Å². The molecule has 4 rings (SSSR count). The number of rotatable bonds is 6. The number of pyridine rings is 1. The molecular weight excluding hydrogens is 388 g/mol. The topological polar surface area (TPSA) is 85.3 Å². The number of hydrogen-bond donors (Lipinski definition) is 4. The van der Waals surface area contributed by atoms with E-state index in [2.05, 4.69) is 36.3 Å². The highest BCUT2D eigenvalue weighted by atomic mass is 16.3. The summed E-state index contributed by atoms with van der Waals surface area (Å²) in [6.45, 7) is 8.83. The lowest BCUT2D eigenvalue weighted by Crippen LogP contribution is -2.33. The predicted molar refractivity (Wildman–Crippen MR) is 127 cm³/mol. The van der Waals surface area contributed by atoms with Crippen LogP contribution in [-0.4, -0.2) is 27.8 Å². The number of H-pyrrole nitrogens is 1. The minimum atomic E-state index is -0.731. The molecule has 0 radical (unpaired) electrons. The number of phenolic OH excluding ortho intramolecular Hbond substituents is 1. The fourth-order valence-electron chi connectivity index (χ4n) is 4.51. The highest BCUT2D eigenvalue weighted by Crippen LogP contribution is 2.30. The summed E-state index contributed by atoms with van der Waals surface area (Å²) in [5.41, 5.74) is 6.49. The van der Waals surface area contributed by atoms with E-state index in [1.54, 1.807) is 12.1 Å². The molecule has 5 nitrogen and oxygen atoms in total. The number of nitrogens with one attached hydrogen (secondary N) is 2. The molecule has 0 saturated heterocycles. The first kappa shape index (κ1) is 23.0. The van der Waals surface area contributed by atoms with Gasteiger partial charge in [-0.2, -0.15) is 0 Å². The molecule has 2 aromatic carbocycles. The number of aromatic hydroxyl groups is 1. The quantitative estimate of drug-likeness (QED) is 0.480. The number of phenols is 1. The van der Waals surface area contributed by atoms with E-state index in [4.69, 9.17) is 0 Å². The molecule has 0 amide bonds. The van der Waals surface area contributed by atoms with Crippen molar-refractivity contribution >= 4 is 10.9 Å². The van der Waals surface area contributed by atoms with Crippen molar-refractivity contribution in [3.05, 3.63) is 74.6 Å². The van der Waals surface area contributed by atoms with Crippen LogP contribution < -0.4 is 10.9 Å². The summed E-state index contributed by atoms with van der Waals surface area (Å²) in [5.74, 6) is 0.00584. The lowest BCUT2D eigenvalue weighted by Gasteiger charge is -2.18. The number of benzene rings is 2. The molecule has 1 aliphatic rings. The van der Waals surface area contributed by atoms with Gasteiger partial charge in [0.2, 0.25) is 5.56 Å². The Balaban J connectivity index is 0.00000132. The lowest BCUT2D eigenvalue weighted by molar-refractivity contribution is 0.171. The van der Waals surface area contributed by atoms with Crippen LogP contribution >= 0.6 is 0 Å². The summed E-state index contributed by atoms with van der Waals surface area (Å²) < 4.78 is 0. The monoisotopic (exact) mass is 422 g/mol. The van der Waals surface area contributed by atoms with Crippen molar-refractivity contribution in [1.29, 1.82) is 0 Å². The van der Waals surface area contributed by atoms with Gasteiger partial charge in [0, 0.05) is 24.0 Å². The fourth-order valence-corrected chi connectivity index (χ4v) is 4.51. The van der Waals surface area contributed by atoms with E-state index in [0.717, 1.165) is 25.7 Å². The van der Waals surface area contributed by atoms with E-state index in [1.807, 2.05) is 13.8 Å². The zero-order valence-corrected chi connectivity index (χ0v) is 19.0. The molecule has 4 N–H and O–H groups in total. The second-order valence-electron chi connectivity index (χ2n) is 7.91. The van der Waals surface area contributed by atoms with Gasteiger partial charge >= 0.3 is 0 Å². The standard InChI is InChI=1S/C24H28N2O3.C2H6/c1-3-14-9-16-11-18(12-17(16)10-15(14)4-2)25-13-22(28)19-5-7-21(27)24-20(19)6-8-23(29)26-24;1-2/h5-10,18,22,25,27-28H,3-4,11-13H2,1-2H3,(H,26,29);1-2H3. The Labute approximate surface area is 184 Å². The van der Waals surface area contributed by atoms with Gasteiger partial charge in [-0.1, -0.05) is 45.9 Å². The van der Waals surface area contributed by atoms with Crippen LogP contribution in [0.15, 0.2) is 41.2 Å². The Bertz CT molecular complexity index is 1070. The van der Waals surface area contributed by atoms with Gasteiger partial charge in [-0.3, -0.25) is 4.79 Å². The van der Waals surface area contributed by atoms with Crippen molar-refractivity contribution in [2.75, 3.05) is 6.54 Å². The van der Waals surface area contributed by atoms with Gasteiger partial charge in [-0.05, 0) is 65.6 Å². The largest absolute Gasteiger partial charge is 0.506 e. The Kier molecular flexibility index (Phi) is 7.52. The van der Waals surface area contributed by atoms with Crippen molar-refractivity contribution < 1.29 is 10.2 Å². The average molecular weight is 423 g/mol. The van der Waals surface area contributed by atoms with Crippen LogP contribution in [0.5, 0.6) is 5.75 Å². The molecule has 0 spiro atoms. The molecule has 0 saturated carbocycles. The Hall–Kier alpha value is -2.63. The number of hydrogen-bond acceptors (Lipinski definition) is 4. The Morgan fingerprint density at radius 2 is 1.65 bits per heavy atom. The molecule has 1 aromatic heterocycles. The maximum absolute atomic E-state index is 11.6. The second-order valence-corrected chi connectivity index (χ2v) is 7.91. The van der Waals surface area contributed by atoms with E-state index in [9.17, 15) is 15.0 Å². The number of aliphatic hydroxyl groups is 1. The van der Waals surface area contributed by atoms with E-state index in [0.29, 0.717) is 29.1 Å². The highest BCUT2D eigenvalue weighted by molar-refractivity contribution is 5.87. The van der Waals surface area contributed by atoms with Crippen molar-refractivity contribution in [2.24, 2.45) is 0 Å². The molecule has 1 atom stereocenters. The van der Waals surface area contributed by atoms with Crippen LogP contribution in [0.2, 0.25) is 0 Å². The highest BCUT2D eigenvalue weighted by Gasteiger charge is 2.23. The summed E-state index contributed by atoms with van der Waals surface area (Å²) in [6, 6.07) is 11.3. The molecule has 1 heterocycles. The third kappa shape index (κ3) is 4.83. The molecule has 31 heavy (non-hydrogen) atoms. The zero-order chi connectivity index (χ0) is 22.5. The third-order valence-electron chi connectivity index (χ3n) is 6.08. The molecule has 0 aliphatic heterocycles. The van der Waals surface area contributed by atoms with Gasteiger partial charge in [-0.25, -0.2) is 0 Å². The summed E-state index contributed by atoms with van der Waals surface area (Å²) in [5, 5.41) is 25.0. The smallest absolute Gasteiger partial charge is 0.248 e. The molecule has 1 unspecified atom stereocenters. The number of aromatic amines is 1. The molecule has 0 fully saturated rings. The molecule has 5 heteroatoms. The minimum absolute atomic E-state index is 0.00584. The Morgan fingerprint density at radius 1 is 1.03 bits per heavy atom. The third-order valence-corrected chi connectivity index (χ3v) is 6.08. The van der Waals surface area contributed by atoms with Crippen molar-refractivity contribution in [1.82, 2.24) is 10.3 Å². The Morgan fingerprint density at radius 3 is 2.23 bits per heavy atom. The molecule has 166 valence electrons. The van der Waals surface area contributed by atoms with Crippen molar-refractivity contribution in [2.45, 2.75) is 65.5 Å². The normalized spacial score (nSPS) is 14.2. The summed E-state index contributed by atoms with van der Waals surface area (Å²) in [7, 11) is 0. The van der Waals surface area contributed by atoms with E-state index in [-0.39, 0.29) is 11.3 Å². The first-order valence-corrected chi connectivity index (χ1v) is 11.4. The van der Waals surface area contributed by atoms with Crippen LogP contribution in [0.3, 0.4) is 0 Å². The molecular formula is C26H34N2O3. The zero-order valence-electron chi connectivity index (χ0n) is 19.0. The minimum Gasteiger partial charge on any atom is -0.506 e. The SMILES string of the molecule is CC.CCc1cc2c(cc1CC)CC(NCC(O)c1ccc(O)c3[nH]c(=O)ccc13)C2. The molecule has 3 aromatic rings. The first-order chi connectivity index (χ1) is 15.0. The predicted octanol–water partition coefficient (Wildman–Crippen LogP) is 4.18. The fraction of sp³-hybridized carbons (Fsp3) is 0.423. The van der Waals surface area contributed by atoms with Gasteiger partial charge in [0.05, 0.1) is 11.6 Å². The van der Waals surface area contributed by atoms with E-state index >= 15 is 0 Å². The second kappa shape index (κ2) is 10.1. The number of aliphatic hydroxyl groups excluding tert-OH is 1. The molecule has 1 aliphatic carbocycles. The maximum Gasteiger partial charge on any atom is 0.248 e. The van der Waals surface area contributed by atoms with Crippen LogP contribution in [0, 0.1) is 0 Å². The van der Waals surface area contributed by atoms with Crippen molar-refractivity contribution in [3.63, 3.8) is 0 Å². The summed E-state index contributed by atoms with van der Waals surface area (Å²) >= 11 is 0. The average Bonchev–Trinajstić information content (AvgIpc) is 3.20. The summed E-state index contributed by atoms with van der Waals surface area (Å²) in [4.78, 5) is 14.2. The van der Waals surface area contributed by atoms with Crippen LogP contribution in [0.25, 0.3) is 10.9 Å². The number of aryl methyl sites for hydroxylation is 2. The first-order valence-electron chi connectivity index (χ1n) is 11.4.